The van der Waals surface area contributed by atoms with Gasteiger partial charge in [0, 0.05) is 13.1 Å². The van der Waals surface area contributed by atoms with Crippen LogP contribution in [0.2, 0.25) is 0 Å². The van der Waals surface area contributed by atoms with E-state index < -0.39 is 6.10 Å². The van der Waals surface area contributed by atoms with Gasteiger partial charge in [0.25, 0.3) is 0 Å². The number of rotatable bonds is 3. The third-order valence-electron chi connectivity index (χ3n) is 4.93. The summed E-state index contributed by atoms with van der Waals surface area (Å²) < 4.78 is 1.63. The van der Waals surface area contributed by atoms with Gasteiger partial charge >= 0.3 is 0 Å². The molecular formula is C16H21N5O2. The number of aliphatic hydroxyl groups excluding tert-OH is 1. The van der Waals surface area contributed by atoms with Crippen LogP contribution in [0.1, 0.15) is 12.8 Å². The summed E-state index contributed by atoms with van der Waals surface area (Å²) in [7, 11) is 0. The molecule has 0 spiro atoms. The van der Waals surface area contributed by atoms with E-state index in [1.807, 2.05) is 24.3 Å². The molecule has 0 radical (unpaired) electrons. The molecule has 7 nitrogen and oxygen atoms in total. The Morgan fingerprint density at radius 2 is 2.00 bits per heavy atom. The molecule has 7 heteroatoms. The molecule has 3 heterocycles. The smallest absolute Gasteiger partial charge is 0.244 e. The van der Waals surface area contributed by atoms with Crippen molar-refractivity contribution in [1.82, 2.24) is 24.8 Å². The number of aromatic nitrogens is 3. The first-order chi connectivity index (χ1) is 11.2. The summed E-state index contributed by atoms with van der Waals surface area (Å²) in [6.45, 7) is 3.23. The quantitative estimate of drug-likeness (QED) is 0.869. The van der Waals surface area contributed by atoms with Crippen LogP contribution < -0.4 is 0 Å². The fraction of sp³-hybridized carbons (Fsp3) is 0.562. The molecule has 2 saturated heterocycles. The lowest BCUT2D eigenvalue weighted by Gasteiger charge is -2.25. The first-order valence-electron chi connectivity index (χ1n) is 8.20. The number of β-amino-alcohol motifs (C(OH)–C–C–N with tert-alkyl or cyclic N) is 1. The molecule has 23 heavy (non-hydrogen) atoms. The number of carbonyl (C=O) groups is 1. The normalized spacial score (nSPS) is 25.5. The standard InChI is InChI=1S/C16H21N5O2/c22-15-10-20(9-14(15)19-7-3-4-8-19)16(23)11-21-13-6-2-1-5-12(13)17-18-21/h1-2,5-6,14-15,22H,3-4,7-11H2/t14-,15-/m1/s1. The van der Waals surface area contributed by atoms with Crippen molar-refractivity contribution in [1.29, 1.82) is 0 Å². The highest BCUT2D eigenvalue weighted by molar-refractivity contribution is 5.80. The van der Waals surface area contributed by atoms with Crippen LogP contribution in [0.15, 0.2) is 24.3 Å². The summed E-state index contributed by atoms with van der Waals surface area (Å²) in [4.78, 5) is 16.6. The summed E-state index contributed by atoms with van der Waals surface area (Å²) >= 11 is 0. The van der Waals surface area contributed by atoms with Crippen LogP contribution in [0, 0.1) is 0 Å². The van der Waals surface area contributed by atoms with E-state index in [0.717, 1.165) is 24.1 Å². The monoisotopic (exact) mass is 315 g/mol. The second-order valence-electron chi connectivity index (χ2n) is 6.41. The molecule has 122 valence electrons. The van der Waals surface area contributed by atoms with Gasteiger partial charge < -0.3 is 10.0 Å². The zero-order chi connectivity index (χ0) is 15.8. The van der Waals surface area contributed by atoms with E-state index in [1.54, 1.807) is 9.58 Å². The molecule has 4 rings (SSSR count). The second kappa shape index (κ2) is 5.90. The van der Waals surface area contributed by atoms with Crippen molar-refractivity contribution in [2.75, 3.05) is 26.2 Å². The zero-order valence-electron chi connectivity index (χ0n) is 13.0. The Bertz CT molecular complexity index is 709. The Morgan fingerprint density at radius 3 is 2.83 bits per heavy atom. The van der Waals surface area contributed by atoms with E-state index in [1.165, 1.54) is 12.8 Å². The number of hydrogen-bond donors (Lipinski definition) is 1. The lowest BCUT2D eigenvalue weighted by molar-refractivity contribution is -0.131. The molecule has 2 fully saturated rings. The molecule has 1 aromatic carbocycles. The number of carbonyl (C=O) groups excluding carboxylic acids is 1. The third kappa shape index (κ3) is 2.70. The van der Waals surface area contributed by atoms with Gasteiger partial charge in [-0.05, 0) is 38.1 Å². The Kier molecular flexibility index (Phi) is 3.74. The van der Waals surface area contributed by atoms with Crippen molar-refractivity contribution < 1.29 is 9.90 Å². The van der Waals surface area contributed by atoms with Gasteiger partial charge in [0.15, 0.2) is 0 Å². The number of fused-ring (bicyclic) bond motifs is 1. The summed E-state index contributed by atoms with van der Waals surface area (Å²) in [5, 5.41) is 18.4. The summed E-state index contributed by atoms with van der Waals surface area (Å²) in [6.07, 6.45) is 1.91. The van der Waals surface area contributed by atoms with Crippen molar-refractivity contribution in [3.8, 4) is 0 Å². The Hall–Kier alpha value is -1.99. The van der Waals surface area contributed by atoms with Crippen LogP contribution in [0.25, 0.3) is 11.0 Å². The topological polar surface area (TPSA) is 74.5 Å². The van der Waals surface area contributed by atoms with Gasteiger partial charge in [0.2, 0.25) is 5.91 Å². The Labute approximate surface area is 134 Å². The summed E-state index contributed by atoms with van der Waals surface area (Å²) in [6, 6.07) is 7.69. The van der Waals surface area contributed by atoms with Crippen LogP contribution in [-0.4, -0.2) is 74.1 Å². The van der Waals surface area contributed by atoms with Crippen molar-refractivity contribution in [3.63, 3.8) is 0 Å². The molecule has 0 unspecified atom stereocenters. The maximum atomic E-state index is 12.6. The van der Waals surface area contributed by atoms with Crippen molar-refractivity contribution in [2.24, 2.45) is 0 Å². The predicted molar refractivity (Wildman–Crippen MR) is 84.7 cm³/mol. The molecular weight excluding hydrogens is 294 g/mol. The third-order valence-corrected chi connectivity index (χ3v) is 4.93. The maximum absolute atomic E-state index is 12.6. The molecule has 2 atom stereocenters. The van der Waals surface area contributed by atoms with Crippen LogP contribution in [0.3, 0.4) is 0 Å². The van der Waals surface area contributed by atoms with Crippen LogP contribution in [-0.2, 0) is 11.3 Å². The SMILES string of the molecule is O=C(Cn1nnc2ccccc21)N1C[C@@H](O)[C@H](N2CCCC2)C1. The predicted octanol–water partition coefficient (Wildman–Crippen LogP) is 0.0988. The number of likely N-dealkylation sites (tertiary alicyclic amines) is 2. The summed E-state index contributed by atoms with van der Waals surface area (Å²) in [5.74, 6) is -0.0126. The highest BCUT2D eigenvalue weighted by Crippen LogP contribution is 2.21. The Morgan fingerprint density at radius 1 is 1.22 bits per heavy atom. The number of hydrogen-bond acceptors (Lipinski definition) is 5. The molecule has 2 aliphatic heterocycles. The van der Waals surface area contributed by atoms with Crippen LogP contribution in [0.5, 0.6) is 0 Å². The average Bonchev–Trinajstić information content (AvgIpc) is 3.27. The fourth-order valence-electron chi connectivity index (χ4n) is 3.67. The average molecular weight is 315 g/mol. The number of nitrogens with zero attached hydrogens (tertiary/aromatic N) is 5. The van der Waals surface area contributed by atoms with E-state index in [9.17, 15) is 9.90 Å². The van der Waals surface area contributed by atoms with Gasteiger partial charge in [-0.2, -0.15) is 0 Å². The van der Waals surface area contributed by atoms with Gasteiger partial charge in [0.05, 0.1) is 17.7 Å². The van der Waals surface area contributed by atoms with Gasteiger partial charge in [-0.15, -0.1) is 5.10 Å². The van der Waals surface area contributed by atoms with Gasteiger partial charge in [-0.1, -0.05) is 17.3 Å². The largest absolute Gasteiger partial charge is 0.390 e. The molecule has 0 bridgehead atoms. The van der Waals surface area contributed by atoms with Crippen LogP contribution >= 0.6 is 0 Å². The van der Waals surface area contributed by atoms with E-state index >= 15 is 0 Å². The van der Waals surface area contributed by atoms with Crippen molar-refractivity contribution >= 4 is 16.9 Å². The lowest BCUT2D eigenvalue weighted by Crippen LogP contribution is -2.41. The van der Waals surface area contributed by atoms with Gasteiger partial charge in [0.1, 0.15) is 12.1 Å². The van der Waals surface area contributed by atoms with Crippen molar-refractivity contribution in [2.45, 2.75) is 31.5 Å². The summed E-state index contributed by atoms with van der Waals surface area (Å²) in [5.41, 5.74) is 1.65. The number of aliphatic hydroxyl groups is 1. The minimum Gasteiger partial charge on any atom is -0.390 e. The zero-order valence-corrected chi connectivity index (χ0v) is 13.0. The van der Waals surface area contributed by atoms with Crippen LogP contribution in [0.4, 0.5) is 0 Å². The van der Waals surface area contributed by atoms with Crippen molar-refractivity contribution in [3.05, 3.63) is 24.3 Å². The minimum atomic E-state index is -0.454. The number of amides is 1. The molecule has 0 aliphatic carbocycles. The molecule has 1 amide bonds. The maximum Gasteiger partial charge on any atom is 0.244 e. The number of para-hydroxylation sites is 1. The van der Waals surface area contributed by atoms with Gasteiger partial charge in [-0.25, -0.2) is 4.68 Å². The van der Waals surface area contributed by atoms with Gasteiger partial charge in [-0.3, -0.25) is 9.69 Å². The number of benzene rings is 1. The second-order valence-corrected chi connectivity index (χ2v) is 6.41. The van der Waals surface area contributed by atoms with E-state index in [-0.39, 0.29) is 18.5 Å². The first-order valence-corrected chi connectivity index (χ1v) is 8.20. The molecule has 2 aliphatic rings. The molecule has 0 saturated carbocycles. The molecule has 2 aromatic rings. The Balaban J connectivity index is 1.45. The molecule has 1 N–H and O–H groups in total. The highest BCUT2D eigenvalue weighted by Gasteiger charge is 2.38. The van der Waals surface area contributed by atoms with E-state index in [0.29, 0.717) is 13.1 Å². The van der Waals surface area contributed by atoms with E-state index in [4.69, 9.17) is 0 Å². The lowest BCUT2D eigenvalue weighted by atomic mass is 10.2. The highest BCUT2D eigenvalue weighted by atomic mass is 16.3. The minimum absolute atomic E-state index is 0.0126. The first kappa shape index (κ1) is 14.6. The fourth-order valence-corrected chi connectivity index (χ4v) is 3.67. The van der Waals surface area contributed by atoms with E-state index in [2.05, 4.69) is 15.2 Å². The molecule has 1 aromatic heterocycles.